The van der Waals surface area contributed by atoms with Gasteiger partial charge in [0, 0.05) is 0 Å². The minimum atomic E-state index is -0.635. The van der Waals surface area contributed by atoms with Crippen molar-refractivity contribution in [1.82, 2.24) is 10.0 Å². The zero-order valence-electron chi connectivity index (χ0n) is 13.8. The van der Waals surface area contributed by atoms with E-state index in [1.165, 1.54) is 10.0 Å². The first-order valence-electron chi connectivity index (χ1n) is 7.08. The number of nitrogens with zero attached hydrogens (tertiary/aromatic N) is 2. The topological polar surface area (TPSA) is 68.3 Å². The maximum absolute atomic E-state index is 12.2. The number of rotatable bonds is 0. The first kappa shape index (κ1) is 17.6. The monoisotopic (exact) mass is 302 g/mol. The van der Waals surface area contributed by atoms with E-state index in [9.17, 15) is 9.59 Å². The Labute approximate surface area is 126 Å². The minimum absolute atomic E-state index is 0.244. The van der Waals surface area contributed by atoms with Crippen molar-refractivity contribution in [2.24, 2.45) is 0 Å². The van der Waals surface area contributed by atoms with Crippen molar-refractivity contribution in [3.63, 3.8) is 0 Å². The Kier molecular flexibility index (Phi) is 5.44. The molecule has 0 atom stereocenters. The fourth-order valence-corrected chi connectivity index (χ4v) is 1.65. The summed E-state index contributed by atoms with van der Waals surface area (Å²) < 4.78 is 16.0. The molecule has 0 aromatic rings. The molecule has 1 fully saturated rings. The molecule has 0 unspecified atom stereocenters. The van der Waals surface area contributed by atoms with Gasteiger partial charge in [0.25, 0.3) is 0 Å². The van der Waals surface area contributed by atoms with Crippen LogP contribution in [-0.4, -0.2) is 59.7 Å². The Balaban J connectivity index is 2.85. The van der Waals surface area contributed by atoms with Crippen LogP contribution in [-0.2, 0) is 14.2 Å². The van der Waals surface area contributed by atoms with Crippen LogP contribution in [0.3, 0.4) is 0 Å². The molecule has 1 rings (SSSR count). The predicted molar refractivity (Wildman–Crippen MR) is 76.7 cm³/mol. The molecule has 0 spiro atoms. The van der Waals surface area contributed by atoms with E-state index in [4.69, 9.17) is 14.2 Å². The van der Waals surface area contributed by atoms with Gasteiger partial charge in [-0.25, -0.2) is 19.6 Å². The summed E-state index contributed by atoms with van der Waals surface area (Å²) in [6.45, 7) is 11.8. The van der Waals surface area contributed by atoms with Crippen LogP contribution in [0.15, 0.2) is 0 Å². The van der Waals surface area contributed by atoms with Crippen LogP contribution in [0.2, 0.25) is 0 Å². The van der Waals surface area contributed by atoms with E-state index in [1.807, 2.05) is 0 Å². The fraction of sp³-hybridized carbons (Fsp3) is 0.857. The van der Waals surface area contributed by atoms with E-state index < -0.39 is 23.4 Å². The van der Waals surface area contributed by atoms with Gasteiger partial charge in [0.15, 0.2) is 0 Å². The molecular formula is C14H26N2O5. The van der Waals surface area contributed by atoms with Crippen molar-refractivity contribution in [2.75, 3.05) is 26.3 Å². The van der Waals surface area contributed by atoms with E-state index in [2.05, 4.69) is 0 Å². The van der Waals surface area contributed by atoms with Gasteiger partial charge in [-0.1, -0.05) is 0 Å². The summed E-state index contributed by atoms with van der Waals surface area (Å²) >= 11 is 0. The van der Waals surface area contributed by atoms with E-state index in [1.54, 1.807) is 41.5 Å². The second kappa shape index (κ2) is 6.51. The van der Waals surface area contributed by atoms with E-state index in [0.717, 1.165) is 0 Å². The first-order valence-corrected chi connectivity index (χ1v) is 7.08. The summed E-state index contributed by atoms with van der Waals surface area (Å²) in [6.07, 6.45) is -1.17. The minimum Gasteiger partial charge on any atom is -0.442 e. The molecule has 7 nitrogen and oxygen atoms in total. The molecule has 21 heavy (non-hydrogen) atoms. The Morgan fingerprint density at radius 2 is 1.14 bits per heavy atom. The Morgan fingerprint density at radius 3 is 1.43 bits per heavy atom. The zero-order valence-corrected chi connectivity index (χ0v) is 13.8. The van der Waals surface area contributed by atoms with E-state index >= 15 is 0 Å². The predicted octanol–water partition coefficient (Wildman–Crippen LogP) is 2.41. The molecule has 1 saturated heterocycles. The molecule has 0 saturated carbocycles. The number of hydrogen-bond donors (Lipinski definition) is 0. The van der Waals surface area contributed by atoms with Crippen molar-refractivity contribution in [1.29, 1.82) is 0 Å². The fourth-order valence-electron chi connectivity index (χ4n) is 1.65. The number of hydrazine groups is 1. The lowest BCUT2D eigenvalue weighted by Crippen LogP contribution is -2.53. The van der Waals surface area contributed by atoms with Gasteiger partial charge < -0.3 is 14.2 Å². The van der Waals surface area contributed by atoms with Gasteiger partial charge in [-0.3, -0.25) is 0 Å². The summed E-state index contributed by atoms with van der Waals surface area (Å²) in [5, 5.41) is 2.48. The van der Waals surface area contributed by atoms with Gasteiger partial charge in [-0.05, 0) is 41.5 Å². The van der Waals surface area contributed by atoms with Crippen molar-refractivity contribution >= 4 is 12.2 Å². The quantitative estimate of drug-likeness (QED) is 0.687. The lowest BCUT2D eigenvalue weighted by atomic mass is 10.2. The van der Waals surface area contributed by atoms with E-state index in [-0.39, 0.29) is 13.1 Å². The van der Waals surface area contributed by atoms with E-state index in [0.29, 0.717) is 13.2 Å². The smallest absolute Gasteiger partial charge is 0.429 e. The first-order chi connectivity index (χ1) is 9.49. The standard InChI is InChI=1S/C14H26N2O5/c1-13(2,3)20-11(17)15-7-9-19-10-8-16(15)12(18)21-14(4,5)6/h7-10H2,1-6H3. The molecule has 0 aromatic carbocycles. The van der Waals surface area contributed by atoms with Crippen LogP contribution < -0.4 is 0 Å². The molecule has 7 heteroatoms. The average Bonchev–Trinajstić information content (AvgIpc) is 2.48. The lowest BCUT2D eigenvalue weighted by Gasteiger charge is -2.34. The lowest BCUT2D eigenvalue weighted by molar-refractivity contribution is -0.0572. The highest BCUT2D eigenvalue weighted by molar-refractivity contribution is 5.74. The Bertz CT molecular complexity index is 348. The molecule has 0 N–H and O–H groups in total. The molecule has 1 aliphatic heterocycles. The van der Waals surface area contributed by atoms with Crippen LogP contribution in [0, 0.1) is 0 Å². The molecule has 122 valence electrons. The highest BCUT2D eigenvalue weighted by atomic mass is 16.6. The number of carbonyl (C=O) groups excluding carboxylic acids is 2. The van der Waals surface area contributed by atoms with Gasteiger partial charge in [0.05, 0.1) is 26.3 Å². The maximum atomic E-state index is 12.2. The molecule has 0 aromatic heterocycles. The van der Waals surface area contributed by atoms with Crippen LogP contribution in [0.1, 0.15) is 41.5 Å². The second-order valence-corrected chi connectivity index (χ2v) is 6.82. The summed E-state index contributed by atoms with van der Waals surface area (Å²) in [7, 11) is 0. The largest absolute Gasteiger partial charge is 0.442 e. The third-order valence-corrected chi connectivity index (χ3v) is 2.39. The van der Waals surface area contributed by atoms with Crippen LogP contribution in [0.5, 0.6) is 0 Å². The van der Waals surface area contributed by atoms with Crippen LogP contribution >= 0.6 is 0 Å². The molecular weight excluding hydrogens is 276 g/mol. The highest BCUT2D eigenvalue weighted by Gasteiger charge is 2.33. The molecule has 0 aliphatic carbocycles. The van der Waals surface area contributed by atoms with Gasteiger partial charge in [0.1, 0.15) is 11.2 Å². The van der Waals surface area contributed by atoms with Crippen molar-refractivity contribution in [3.8, 4) is 0 Å². The third kappa shape index (κ3) is 6.20. The number of ether oxygens (including phenoxy) is 3. The maximum Gasteiger partial charge on any atom is 0.429 e. The van der Waals surface area contributed by atoms with Crippen LogP contribution in [0.4, 0.5) is 9.59 Å². The molecule has 0 bridgehead atoms. The average molecular weight is 302 g/mol. The summed E-state index contributed by atoms with van der Waals surface area (Å²) in [5.74, 6) is 0. The number of hydrogen-bond acceptors (Lipinski definition) is 5. The summed E-state index contributed by atoms with van der Waals surface area (Å²) in [4.78, 5) is 24.5. The molecule has 2 amide bonds. The van der Waals surface area contributed by atoms with Crippen molar-refractivity contribution in [3.05, 3.63) is 0 Å². The SMILES string of the molecule is CC(C)(C)OC(=O)N1CCOCCN1C(=O)OC(C)(C)C. The van der Waals surface area contributed by atoms with Gasteiger partial charge in [-0.2, -0.15) is 0 Å². The van der Waals surface area contributed by atoms with Crippen LogP contribution in [0.25, 0.3) is 0 Å². The normalized spacial score (nSPS) is 17.2. The molecule has 1 aliphatic rings. The molecule has 1 heterocycles. The third-order valence-electron chi connectivity index (χ3n) is 2.39. The number of amides is 2. The second-order valence-electron chi connectivity index (χ2n) is 6.82. The summed E-state index contributed by atoms with van der Waals surface area (Å²) in [5.41, 5.74) is -1.27. The van der Waals surface area contributed by atoms with Crippen molar-refractivity contribution < 1.29 is 23.8 Å². The van der Waals surface area contributed by atoms with Gasteiger partial charge >= 0.3 is 12.2 Å². The summed E-state index contributed by atoms with van der Waals surface area (Å²) in [6, 6.07) is 0. The Hall–Kier alpha value is -1.50. The Morgan fingerprint density at radius 1 is 0.810 bits per heavy atom. The number of carbonyl (C=O) groups is 2. The highest BCUT2D eigenvalue weighted by Crippen LogP contribution is 2.16. The van der Waals surface area contributed by atoms with Gasteiger partial charge in [0.2, 0.25) is 0 Å². The van der Waals surface area contributed by atoms with Gasteiger partial charge in [-0.15, -0.1) is 0 Å². The van der Waals surface area contributed by atoms with Crippen molar-refractivity contribution in [2.45, 2.75) is 52.7 Å². The zero-order chi connectivity index (χ0) is 16.3. The molecule has 0 radical (unpaired) electrons.